The lowest BCUT2D eigenvalue weighted by atomic mass is 9.67. The van der Waals surface area contributed by atoms with Gasteiger partial charge in [-0.3, -0.25) is 0 Å². The van der Waals surface area contributed by atoms with Gasteiger partial charge in [-0.05, 0) is 137 Å². The fraction of sp³-hybridized carbons (Fsp3) is 0.0164. The standard InChI is InChI=1S/C61H42/c1-3-17-43(18-4-1)45-21-11-23-47(37-45)49-25-13-27-51(39-49)53-29-15-31-55(41-53)61(59-35-9-7-33-57(59)58-34-8-10-36-60(58)61)56-32-16-30-54(42-56)52-28-14-26-50(40-52)48-24-12-22-46(38-48)44-19-5-2-6-20-44/h1-42H. The summed E-state index contributed by atoms with van der Waals surface area (Å²) in [6.07, 6.45) is 0. The quantitative estimate of drug-likeness (QED) is 0.144. The van der Waals surface area contributed by atoms with Crippen molar-refractivity contribution in [3.05, 3.63) is 277 Å². The van der Waals surface area contributed by atoms with E-state index in [0.717, 1.165) is 0 Å². The highest BCUT2D eigenvalue weighted by molar-refractivity contribution is 5.88. The van der Waals surface area contributed by atoms with Crippen molar-refractivity contribution in [2.45, 2.75) is 5.41 Å². The largest absolute Gasteiger partial charge is 0.0713 e. The molecule has 10 aromatic carbocycles. The molecule has 1 aliphatic carbocycles. The first-order valence-corrected chi connectivity index (χ1v) is 21.2. The summed E-state index contributed by atoms with van der Waals surface area (Å²) in [6.45, 7) is 0. The highest BCUT2D eigenvalue weighted by Gasteiger charge is 2.46. The molecule has 0 bridgehead atoms. The normalized spacial score (nSPS) is 12.4. The molecule has 0 radical (unpaired) electrons. The molecule has 286 valence electrons. The van der Waals surface area contributed by atoms with Crippen LogP contribution in [0.2, 0.25) is 0 Å². The molecule has 11 rings (SSSR count). The first kappa shape index (κ1) is 36.3. The van der Waals surface area contributed by atoms with E-state index < -0.39 is 5.41 Å². The predicted octanol–water partition coefficient (Wildman–Crippen LogP) is 16.1. The van der Waals surface area contributed by atoms with Gasteiger partial charge in [0.25, 0.3) is 0 Å². The SMILES string of the molecule is c1ccc(-c2cccc(-c3cccc(-c4cccc(C5(c6cccc(-c7cccc(-c8cccc(-c9ccccc9)c8)c7)c6)c6ccccc6-c6ccccc65)c4)c3)c2)cc1. The lowest BCUT2D eigenvalue weighted by molar-refractivity contribution is 0.769. The van der Waals surface area contributed by atoms with Gasteiger partial charge in [-0.2, -0.15) is 0 Å². The van der Waals surface area contributed by atoms with Crippen molar-refractivity contribution in [3.63, 3.8) is 0 Å². The van der Waals surface area contributed by atoms with Gasteiger partial charge in [0.1, 0.15) is 0 Å². The van der Waals surface area contributed by atoms with Crippen LogP contribution in [-0.4, -0.2) is 0 Å². The van der Waals surface area contributed by atoms with Crippen LogP contribution in [0.5, 0.6) is 0 Å². The molecule has 0 amide bonds. The van der Waals surface area contributed by atoms with Gasteiger partial charge in [0.15, 0.2) is 0 Å². The van der Waals surface area contributed by atoms with Crippen LogP contribution in [0.15, 0.2) is 255 Å². The molecule has 61 heavy (non-hydrogen) atoms. The maximum absolute atomic E-state index is 2.44. The van der Waals surface area contributed by atoms with Crippen molar-refractivity contribution in [2.75, 3.05) is 0 Å². The van der Waals surface area contributed by atoms with Crippen molar-refractivity contribution in [2.24, 2.45) is 0 Å². The van der Waals surface area contributed by atoms with Gasteiger partial charge >= 0.3 is 0 Å². The third-order valence-electron chi connectivity index (χ3n) is 12.5. The molecule has 0 nitrogen and oxygen atoms in total. The molecule has 0 saturated carbocycles. The van der Waals surface area contributed by atoms with Crippen molar-refractivity contribution >= 4 is 0 Å². The Bertz CT molecular complexity index is 2970. The highest BCUT2D eigenvalue weighted by atomic mass is 14.5. The average Bonchev–Trinajstić information content (AvgIpc) is 3.66. The monoisotopic (exact) mass is 774 g/mol. The first-order chi connectivity index (χ1) is 30.2. The molecule has 0 saturated heterocycles. The number of hydrogen-bond acceptors (Lipinski definition) is 0. The summed E-state index contributed by atoms with van der Waals surface area (Å²) in [7, 11) is 0. The van der Waals surface area contributed by atoms with E-state index in [2.05, 4.69) is 255 Å². The molecule has 0 N–H and O–H groups in total. The Morgan fingerprint density at radius 2 is 0.426 bits per heavy atom. The summed E-state index contributed by atoms with van der Waals surface area (Å²) in [6, 6.07) is 93.6. The van der Waals surface area contributed by atoms with E-state index >= 15 is 0 Å². The summed E-state index contributed by atoms with van der Waals surface area (Å²) in [5.74, 6) is 0. The summed E-state index contributed by atoms with van der Waals surface area (Å²) < 4.78 is 0. The molecule has 0 spiro atoms. The summed E-state index contributed by atoms with van der Waals surface area (Å²) in [5.41, 5.74) is 21.6. The topological polar surface area (TPSA) is 0 Å². The van der Waals surface area contributed by atoms with Crippen molar-refractivity contribution < 1.29 is 0 Å². The zero-order valence-electron chi connectivity index (χ0n) is 33.7. The molecule has 0 fully saturated rings. The van der Waals surface area contributed by atoms with Crippen molar-refractivity contribution in [3.8, 4) is 77.9 Å². The molecule has 0 heteroatoms. The Morgan fingerprint density at radius 3 is 0.770 bits per heavy atom. The Morgan fingerprint density at radius 1 is 0.180 bits per heavy atom. The molecule has 0 unspecified atom stereocenters. The molecule has 10 aromatic rings. The van der Waals surface area contributed by atoms with Gasteiger partial charge in [0.05, 0.1) is 5.41 Å². The molecule has 0 aliphatic heterocycles. The lowest BCUT2D eigenvalue weighted by Gasteiger charge is -2.34. The second-order valence-corrected chi connectivity index (χ2v) is 16.1. The van der Waals surface area contributed by atoms with Crippen molar-refractivity contribution in [1.82, 2.24) is 0 Å². The second kappa shape index (κ2) is 15.4. The highest BCUT2D eigenvalue weighted by Crippen LogP contribution is 2.56. The van der Waals surface area contributed by atoms with Gasteiger partial charge < -0.3 is 0 Å². The fourth-order valence-corrected chi connectivity index (χ4v) is 9.66. The van der Waals surface area contributed by atoms with Crippen molar-refractivity contribution in [1.29, 1.82) is 0 Å². The lowest BCUT2D eigenvalue weighted by Crippen LogP contribution is -2.28. The summed E-state index contributed by atoms with van der Waals surface area (Å²) in [4.78, 5) is 0. The molecule has 0 atom stereocenters. The zero-order valence-corrected chi connectivity index (χ0v) is 33.7. The van der Waals surface area contributed by atoms with E-state index in [1.807, 2.05) is 0 Å². The fourth-order valence-electron chi connectivity index (χ4n) is 9.66. The Balaban J connectivity index is 1.03. The molecular formula is C61H42. The maximum atomic E-state index is 2.44. The molecule has 1 aliphatic rings. The minimum atomic E-state index is -0.539. The van der Waals surface area contributed by atoms with Crippen LogP contribution in [0.1, 0.15) is 22.3 Å². The molecular weight excluding hydrogens is 733 g/mol. The zero-order chi connectivity index (χ0) is 40.6. The number of rotatable bonds is 8. The van der Waals surface area contributed by atoms with Crippen LogP contribution >= 0.6 is 0 Å². The van der Waals surface area contributed by atoms with E-state index in [1.165, 1.54) is 100 Å². The molecule has 0 aromatic heterocycles. The minimum Gasteiger partial charge on any atom is -0.0622 e. The Labute approximate surface area is 358 Å². The van der Waals surface area contributed by atoms with Crippen LogP contribution in [0.3, 0.4) is 0 Å². The predicted molar refractivity (Wildman–Crippen MR) is 256 cm³/mol. The van der Waals surface area contributed by atoms with E-state index in [9.17, 15) is 0 Å². The third kappa shape index (κ3) is 6.51. The van der Waals surface area contributed by atoms with Gasteiger partial charge in [-0.1, -0.05) is 218 Å². The minimum absolute atomic E-state index is 0.539. The van der Waals surface area contributed by atoms with E-state index in [4.69, 9.17) is 0 Å². The van der Waals surface area contributed by atoms with Gasteiger partial charge in [0, 0.05) is 0 Å². The van der Waals surface area contributed by atoms with E-state index in [0.29, 0.717) is 0 Å². The van der Waals surface area contributed by atoms with Crippen LogP contribution in [0.25, 0.3) is 77.9 Å². The summed E-state index contributed by atoms with van der Waals surface area (Å²) in [5, 5.41) is 0. The first-order valence-electron chi connectivity index (χ1n) is 21.2. The summed E-state index contributed by atoms with van der Waals surface area (Å²) >= 11 is 0. The van der Waals surface area contributed by atoms with Crippen LogP contribution < -0.4 is 0 Å². The van der Waals surface area contributed by atoms with Gasteiger partial charge in [-0.15, -0.1) is 0 Å². The number of fused-ring (bicyclic) bond motifs is 3. The Kier molecular flexibility index (Phi) is 9.17. The maximum Gasteiger partial charge on any atom is 0.0713 e. The molecule has 0 heterocycles. The van der Waals surface area contributed by atoms with Gasteiger partial charge in [0.2, 0.25) is 0 Å². The second-order valence-electron chi connectivity index (χ2n) is 16.1. The smallest absolute Gasteiger partial charge is 0.0622 e. The van der Waals surface area contributed by atoms with E-state index in [-0.39, 0.29) is 0 Å². The van der Waals surface area contributed by atoms with Crippen LogP contribution in [0.4, 0.5) is 0 Å². The van der Waals surface area contributed by atoms with Gasteiger partial charge in [-0.25, -0.2) is 0 Å². The van der Waals surface area contributed by atoms with E-state index in [1.54, 1.807) is 0 Å². The van der Waals surface area contributed by atoms with Crippen LogP contribution in [-0.2, 0) is 5.41 Å². The Hall–Kier alpha value is -7.80. The average molecular weight is 775 g/mol. The number of hydrogen-bond donors (Lipinski definition) is 0. The van der Waals surface area contributed by atoms with Crippen LogP contribution in [0, 0.1) is 0 Å². The number of benzene rings is 10. The third-order valence-corrected chi connectivity index (χ3v) is 12.5.